The number of hydrogen-bond acceptors (Lipinski definition) is 1. The van der Waals surface area contributed by atoms with Crippen LogP contribution in [0, 0.1) is 16.7 Å². The fourth-order valence-electron chi connectivity index (χ4n) is 6.39. The molecule has 148 valence electrons. The molecule has 29 heavy (non-hydrogen) atoms. The molecule has 0 amide bonds. The molecule has 4 atom stereocenters. The van der Waals surface area contributed by atoms with Gasteiger partial charge in [-0.1, -0.05) is 87.5 Å². The van der Waals surface area contributed by atoms with Crippen LogP contribution in [0.4, 0.5) is 0 Å². The molecular weight excluding hydrogens is 369 g/mol. The van der Waals surface area contributed by atoms with E-state index in [1.165, 1.54) is 29.1 Å². The first kappa shape index (κ1) is 19.0. The lowest BCUT2D eigenvalue weighted by Crippen LogP contribution is -2.35. The fourth-order valence-corrected chi connectivity index (χ4v) is 10.0. The van der Waals surface area contributed by atoms with E-state index in [-0.39, 0.29) is 0 Å². The number of rotatable bonds is 4. The molecule has 2 aliphatic carbocycles. The summed E-state index contributed by atoms with van der Waals surface area (Å²) in [6.45, 7) is 7.62. The minimum Gasteiger partial charge on any atom is -0.261 e. The monoisotopic (exact) mass is 399 g/mol. The van der Waals surface area contributed by atoms with E-state index in [2.05, 4.69) is 99.6 Å². The van der Waals surface area contributed by atoms with Gasteiger partial charge in [-0.15, -0.1) is 0 Å². The van der Waals surface area contributed by atoms with Gasteiger partial charge in [-0.05, 0) is 65.9 Å². The summed E-state index contributed by atoms with van der Waals surface area (Å²) in [5.41, 5.74) is 2.54. The van der Waals surface area contributed by atoms with Crippen molar-refractivity contribution in [2.75, 3.05) is 0 Å². The van der Waals surface area contributed by atoms with Crippen molar-refractivity contribution in [1.82, 2.24) is 4.98 Å². The Balaban J connectivity index is 1.72. The summed E-state index contributed by atoms with van der Waals surface area (Å²) in [6, 6.07) is 29.1. The third-order valence-corrected chi connectivity index (χ3v) is 11.2. The van der Waals surface area contributed by atoms with Crippen LogP contribution in [0.5, 0.6) is 0 Å². The van der Waals surface area contributed by atoms with E-state index in [1.54, 1.807) is 0 Å². The third kappa shape index (κ3) is 2.82. The molecule has 5 rings (SSSR count). The highest BCUT2D eigenvalue weighted by Crippen LogP contribution is 2.76. The highest BCUT2D eigenvalue weighted by Gasteiger charge is 2.68. The standard InChI is InChI=1S/C27H30NP/c1-26(2)22-17-18-27(26,3)24(23-16-10-11-19-28-23)25(22)29(20-12-6-4-7-13-20)21-14-8-5-9-15-21/h4-16,19,22,24-25H,17-18H2,1-3H3. The van der Waals surface area contributed by atoms with E-state index >= 15 is 0 Å². The Morgan fingerprint density at radius 1 is 0.793 bits per heavy atom. The van der Waals surface area contributed by atoms with Crippen molar-refractivity contribution >= 4 is 18.5 Å². The molecule has 0 aliphatic heterocycles. The Hall–Kier alpha value is -1.98. The summed E-state index contributed by atoms with van der Waals surface area (Å²) in [6.07, 6.45) is 4.65. The lowest BCUT2D eigenvalue weighted by Gasteiger charge is -2.42. The van der Waals surface area contributed by atoms with Crippen molar-refractivity contribution in [2.24, 2.45) is 16.7 Å². The van der Waals surface area contributed by atoms with Crippen LogP contribution in [0.3, 0.4) is 0 Å². The van der Waals surface area contributed by atoms with Gasteiger partial charge in [-0.3, -0.25) is 4.98 Å². The van der Waals surface area contributed by atoms with Gasteiger partial charge in [-0.2, -0.15) is 0 Å². The summed E-state index contributed by atoms with van der Waals surface area (Å²) in [7, 11) is -0.460. The van der Waals surface area contributed by atoms with Crippen LogP contribution in [0.1, 0.15) is 45.2 Å². The second-order valence-electron chi connectivity index (χ2n) is 9.55. The number of fused-ring (bicyclic) bond motifs is 2. The molecule has 2 bridgehead atoms. The van der Waals surface area contributed by atoms with Gasteiger partial charge >= 0.3 is 0 Å². The van der Waals surface area contributed by atoms with E-state index in [9.17, 15) is 0 Å². The zero-order valence-corrected chi connectivity index (χ0v) is 18.5. The van der Waals surface area contributed by atoms with Gasteiger partial charge in [0.05, 0.1) is 0 Å². The van der Waals surface area contributed by atoms with Crippen molar-refractivity contribution in [2.45, 2.75) is 45.2 Å². The highest BCUT2D eigenvalue weighted by atomic mass is 31.1. The molecule has 2 aliphatic rings. The van der Waals surface area contributed by atoms with E-state index < -0.39 is 7.92 Å². The zero-order valence-electron chi connectivity index (χ0n) is 17.6. The number of nitrogens with zero attached hydrogens (tertiary/aromatic N) is 1. The molecule has 2 fully saturated rings. The maximum Gasteiger partial charge on any atom is 0.0446 e. The molecule has 2 aromatic carbocycles. The maximum atomic E-state index is 4.92. The molecule has 0 saturated heterocycles. The van der Waals surface area contributed by atoms with Gasteiger partial charge in [0.2, 0.25) is 0 Å². The number of aromatic nitrogens is 1. The van der Waals surface area contributed by atoms with Crippen LogP contribution in [0.25, 0.3) is 0 Å². The Labute approximate surface area is 176 Å². The smallest absolute Gasteiger partial charge is 0.0446 e. The van der Waals surface area contributed by atoms with Crippen LogP contribution >= 0.6 is 7.92 Å². The van der Waals surface area contributed by atoms with Crippen molar-refractivity contribution in [1.29, 1.82) is 0 Å². The quantitative estimate of drug-likeness (QED) is 0.482. The van der Waals surface area contributed by atoms with E-state index in [4.69, 9.17) is 4.98 Å². The summed E-state index contributed by atoms with van der Waals surface area (Å²) in [5.74, 6) is 1.23. The van der Waals surface area contributed by atoms with Gasteiger partial charge < -0.3 is 0 Å². The van der Waals surface area contributed by atoms with E-state index in [1.807, 2.05) is 6.20 Å². The van der Waals surface area contributed by atoms with Crippen LogP contribution < -0.4 is 10.6 Å². The average molecular weight is 400 g/mol. The van der Waals surface area contributed by atoms with Gasteiger partial charge in [0, 0.05) is 17.8 Å². The second kappa shape index (κ2) is 7.06. The van der Waals surface area contributed by atoms with Crippen molar-refractivity contribution in [3.8, 4) is 0 Å². The van der Waals surface area contributed by atoms with Crippen LogP contribution in [0.2, 0.25) is 0 Å². The molecule has 1 heterocycles. The SMILES string of the molecule is CC1(C)C2CCC1(C)C(c1ccccn1)C2P(c1ccccc1)c1ccccc1. The van der Waals surface area contributed by atoms with Crippen molar-refractivity contribution in [3.63, 3.8) is 0 Å². The third-order valence-electron chi connectivity index (χ3n) is 8.19. The van der Waals surface area contributed by atoms with Crippen LogP contribution in [-0.4, -0.2) is 10.6 Å². The molecule has 0 spiro atoms. The molecule has 1 aromatic heterocycles. The minimum atomic E-state index is -0.460. The molecule has 2 saturated carbocycles. The largest absolute Gasteiger partial charge is 0.261 e. The van der Waals surface area contributed by atoms with Crippen LogP contribution in [-0.2, 0) is 0 Å². The second-order valence-corrected chi connectivity index (χ2v) is 11.9. The molecular formula is C27H30NP. The predicted molar refractivity (Wildman–Crippen MR) is 124 cm³/mol. The summed E-state index contributed by atoms with van der Waals surface area (Å²) < 4.78 is 0. The Morgan fingerprint density at radius 3 is 1.93 bits per heavy atom. The zero-order chi connectivity index (χ0) is 20.1. The first-order valence-corrected chi connectivity index (χ1v) is 12.3. The Bertz CT molecular complexity index is 930. The van der Waals surface area contributed by atoms with Crippen molar-refractivity contribution in [3.05, 3.63) is 90.8 Å². The maximum absolute atomic E-state index is 4.92. The molecule has 0 radical (unpaired) electrons. The van der Waals surface area contributed by atoms with Gasteiger partial charge in [-0.25, -0.2) is 0 Å². The Morgan fingerprint density at radius 2 is 1.38 bits per heavy atom. The lowest BCUT2D eigenvalue weighted by atomic mass is 9.66. The molecule has 1 nitrogen and oxygen atoms in total. The number of pyridine rings is 1. The number of benzene rings is 2. The first-order chi connectivity index (χ1) is 14.0. The average Bonchev–Trinajstić information content (AvgIpc) is 3.08. The number of hydrogen-bond donors (Lipinski definition) is 0. The first-order valence-electron chi connectivity index (χ1n) is 10.8. The summed E-state index contributed by atoms with van der Waals surface area (Å²) in [4.78, 5) is 4.92. The molecule has 0 N–H and O–H groups in total. The van der Waals surface area contributed by atoms with E-state index in [0.717, 1.165) is 5.92 Å². The van der Waals surface area contributed by atoms with E-state index in [0.29, 0.717) is 22.4 Å². The van der Waals surface area contributed by atoms with Crippen molar-refractivity contribution < 1.29 is 0 Å². The Kier molecular flexibility index (Phi) is 4.63. The van der Waals surface area contributed by atoms with Gasteiger partial charge in [0.25, 0.3) is 0 Å². The molecule has 3 aromatic rings. The summed E-state index contributed by atoms with van der Waals surface area (Å²) in [5, 5.41) is 3.01. The summed E-state index contributed by atoms with van der Waals surface area (Å²) >= 11 is 0. The van der Waals surface area contributed by atoms with Crippen LogP contribution in [0.15, 0.2) is 85.1 Å². The topological polar surface area (TPSA) is 12.9 Å². The lowest BCUT2D eigenvalue weighted by molar-refractivity contribution is 0.133. The molecule has 2 heteroatoms. The fraction of sp³-hybridized carbons (Fsp3) is 0.370. The predicted octanol–water partition coefficient (Wildman–Crippen LogP) is 6.12. The normalized spacial score (nSPS) is 30.0. The van der Waals surface area contributed by atoms with Gasteiger partial charge in [0.1, 0.15) is 0 Å². The minimum absolute atomic E-state index is 0.292. The highest BCUT2D eigenvalue weighted by molar-refractivity contribution is 7.73. The molecule has 4 unspecified atom stereocenters. The van der Waals surface area contributed by atoms with Gasteiger partial charge in [0.15, 0.2) is 0 Å².